The van der Waals surface area contributed by atoms with E-state index in [1.54, 1.807) is 11.6 Å². The van der Waals surface area contributed by atoms with Gasteiger partial charge in [0.2, 0.25) is 0 Å². The van der Waals surface area contributed by atoms with Gasteiger partial charge >= 0.3 is 11.9 Å². The van der Waals surface area contributed by atoms with Gasteiger partial charge in [0.1, 0.15) is 5.00 Å². The number of esters is 2. The van der Waals surface area contributed by atoms with Crippen molar-refractivity contribution in [3.05, 3.63) is 33.0 Å². The molecule has 0 atom stereocenters. The first-order valence-corrected chi connectivity index (χ1v) is 9.60. The monoisotopic (exact) mass is 407 g/mol. The molecule has 0 spiro atoms. The zero-order valence-electron chi connectivity index (χ0n) is 17.0. The van der Waals surface area contributed by atoms with E-state index in [4.69, 9.17) is 9.47 Å². The van der Waals surface area contributed by atoms with E-state index >= 15 is 0 Å². The summed E-state index contributed by atoms with van der Waals surface area (Å²) in [6.07, 6.45) is 0.660. The molecule has 2 aromatic rings. The third-order valence-electron chi connectivity index (χ3n) is 4.63. The largest absolute Gasteiger partial charge is 0.465 e. The minimum atomic E-state index is -0.517. The summed E-state index contributed by atoms with van der Waals surface area (Å²) in [5, 5.41) is 7.33. The van der Waals surface area contributed by atoms with E-state index in [-0.39, 0.29) is 6.42 Å². The summed E-state index contributed by atoms with van der Waals surface area (Å²) in [5.41, 5.74) is 3.97. The number of methoxy groups -OCH3 is 1. The number of hydrogen-bond donors (Lipinski definition) is 1. The number of carbonyl (C=O) groups is 3. The van der Waals surface area contributed by atoms with Crippen LogP contribution in [0.25, 0.3) is 0 Å². The second kappa shape index (κ2) is 9.01. The molecule has 0 aliphatic rings. The highest BCUT2D eigenvalue weighted by atomic mass is 32.1. The van der Waals surface area contributed by atoms with Crippen LogP contribution in [0.2, 0.25) is 0 Å². The quantitative estimate of drug-likeness (QED) is 0.708. The van der Waals surface area contributed by atoms with Gasteiger partial charge in [-0.25, -0.2) is 4.79 Å². The van der Waals surface area contributed by atoms with Crippen molar-refractivity contribution in [1.29, 1.82) is 0 Å². The molecule has 9 heteroatoms. The molecule has 2 heterocycles. The average Bonchev–Trinajstić information content (AvgIpc) is 3.05. The Kier molecular flexibility index (Phi) is 6.95. The van der Waals surface area contributed by atoms with Crippen molar-refractivity contribution in [2.45, 2.75) is 40.5 Å². The fraction of sp³-hybridized carbons (Fsp3) is 0.474. The zero-order valence-corrected chi connectivity index (χ0v) is 17.8. The summed E-state index contributed by atoms with van der Waals surface area (Å²) < 4.78 is 11.6. The van der Waals surface area contributed by atoms with Crippen LogP contribution in [0.1, 0.15) is 44.2 Å². The van der Waals surface area contributed by atoms with Gasteiger partial charge in [0.15, 0.2) is 6.61 Å². The lowest BCUT2D eigenvalue weighted by molar-refractivity contribution is -0.147. The van der Waals surface area contributed by atoms with E-state index < -0.39 is 24.5 Å². The van der Waals surface area contributed by atoms with Gasteiger partial charge in [-0.1, -0.05) is 0 Å². The number of nitrogens with one attached hydrogen (secondary N) is 1. The first-order valence-electron chi connectivity index (χ1n) is 8.78. The molecule has 2 aromatic heterocycles. The van der Waals surface area contributed by atoms with E-state index in [1.807, 2.05) is 27.8 Å². The molecule has 0 saturated heterocycles. The number of aromatic nitrogens is 2. The van der Waals surface area contributed by atoms with Gasteiger partial charge in [0, 0.05) is 24.0 Å². The third-order valence-corrected chi connectivity index (χ3v) is 5.75. The Balaban J connectivity index is 1.90. The zero-order chi connectivity index (χ0) is 21.0. The minimum Gasteiger partial charge on any atom is -0.465 e. The number of thiophene rings is 1. The highest BCUT2D eigenvalue weighted by Gasteiger charge is 2.22. The normalized spacial score (nSPS) is 10.6. The standard InChI is InChI=1S/C19H25N3O5S/c1-10-13(4)28-18(17(10)19(25)26-6)20-15(23)9-27-16(24)8-7-14-11(2)21-22(5)12(14)3/h7-9H2,1-6H3,(H,20,23). The molecule has 0 aliphatic heterocycles. The van der Waals surface area contributed by atoms with Gasteiger partial charge < -0.3 is 14.8 Å². The Bertz CT molecular complexity index is 913. The van der Waals surface area contributed by atoms with Gasteiger partial charge in [-0.15, -0.1) is 11.3 Å². The molecule has 152 valence electrons. The maximum Gasteiger partial charge on any atom is 0.341 e. The molecule has 0 unspecified atom stereocenters. The van der Waals surface area contributed by atoms with Crippen LogP contribution in [0.5, 0.6) is 0 Å². The Morgan fingerprint density at radius 3 is 2.43 bits per heavy atom. The lowest BCUT2D eigenvalue weighted by atomic mass is 10.1. The number of hydrogen-bond acceptors (Lipinski definition) is 7. The number of nitrogens with zero attached hydrogens (tertiary/aromatic N) is 2. The van der Waals surface area contributed by atoms with Crippen LogP contribution in [0, 0.1) is 27.7 Å². The van der Waals surface area contributed by atoms with E-state index in [9.17, 15) is 14.4 Å². The number of ether oxygens (including phenoxy) is 2. The Hall–Kier alpha value is -2.68. The van der Waals surface area contributed by atoms with Crippen molar-refractivity contribution in [3.8, 4) is 0 Å². The number of rotatable bonds is 7. The van der Waals surface area contributed by atoms with Crippen LogP contribution in [0.4, 0.5) is 5.00 Å². The van der Waals surface area contributed by atoms with Gasteiger partial charge in [0.05, 0.1) is 18.4 Å². The van der Waals surface area contributed by atoms with Crippen molar-refractivity contribution in [3.63, 3.8) is 0 Å². The van der Waals surface area contributed by atoms with E-state index in [0.717, 1.165) is 27.4 Å². The van der Waals surface area contributed by atoms with Crippen molar-refractivity contribution in [1.82, 2.24) is 9.78 Å². The molecule has 0 bridgehead atoms. The topological polar surface area (TPSA) is 99.5 Å². The van der Waals surface area contributed by atoms with Crippen LogP contribution in [0.15, 0.2) is 0 Å². The highest BCUT2D eigenvalue weighted by Crippen LogP contribution is 2.32. The molecule has 0 saturated carbocycles. The van der Waals surface area contributed by atoms with Crippen molar-refractivity contribution >= 4 is 34.2 Å². The van der Waals surface area contributed by atoms with Gasteiger partial charge in [-0.05, 0) is 45.2 Å². The van der Waals surface area contributed by atoms with Crippen molar-refractivity contribution in [2.24, 2.45) is 7.05 Å². The molecule has 1 N–H and O–H groups in total. The van der Waals surface area contributed by atoms with Crippen LogP contribution in [-0.4, -0.2) is 41.3 Å². The molecule has 0 aromatic carbocycles. The molecular weight excluding hydrogens is 382 g/mol. The molecule has 2 rings (SSSR count). The second-order valence-electron chi connectivity index (χ2n) is 6.46. The van der Waals surface area contributed by atoms with Gasteiger partial charge in [0.25, 0.3) is 5.91 Å². The van der Waals surface area contributed by atoms with Crippen molar-refractivity contribution < 1.29 is 23.9 Å². The van der Waals surface area contributed by atoms with Crippen molar-refractivity contribution in [2.75, 3.05) is 19.0 Å². The Labute approximate surface area is 167 Å². The summed E-state index contributed by atoms with van der Waals surface area (Å²) in [6, 6.07) is 0. The van der Waals surface area contributed by atoms with E-state index in [2.05, 4.69) is 10.4 Å². The lowest BCUT2D eigenvalue weighted by Crippen LogP contribution is -2.21. The number of anilines is 1. The van der Waals surface area contributed by atoms with Crippen LogP contribution < -0.4 is 5.32 Å². The summed E-state index contributed by atoms with van der Waals surface area (Å²) >= 11 is 1.28. The van der Waals surface area contributed by atoms with Crippen LogP contribution in [0.3, 0.4) is 0 Å². The molecule has 8 nitrogen and oxygen atoms in total. The van der Waals surface area contributed by atoms with Gasteiger partial charge in [-0.2, -0.15) is 5.10 Å². The maximum atomic E-state index is 12.1. The third kappa shape index (κ3) is 4.78. The molecule has 28 heavy (non-hydrogen) atoms. The highest BCUT2D eigenvalue weighted by molar-refractivity contribution is 7.16. The predicted octanol–water partition coefficient (Wildman–Crippen LogP) is 2.62. The fourth-order valence-corrected chi connectivity index (χ4v) is 3.91. The SMILES string of the molecule is COC(=O)c1c(NC(=O)COC(=O)CCc2c(C)nn(C)c2C)sc(C)c1C. The first-order chi connectivity index (χ1) is 13.1. The predicted molar refractivity (Wildman–Crippen MR) is 106 cm³/mol. The molecule has 1 amide bonds. The Morgan fingerprint density at radius 2 is 1.86 bits per heavy atom. The summed E-state index contributed by atoms with van der Waals surface area (Å²) in [7, 11) is 3.14. The average molecular weight is 407 g/mol. The first kappa shape index (κ1) is 21.6. The molecular formula is C19H25N3O5S. The smallest absolute Gasteiger partial charge is 0.341 e. The van der Waals surface area contributed by atoms with E-state index in [1.165, 1.54) is 18.4 Å². The fourth-order valence-electron chi connectivity index (χ4n) is 2.85. The maximum absolute atomic E-state index is 12.1. The van der Waals surface area contributed by atoms with Crippen LogP contribution >= 0.6 is 11.3 Å². The van der Waals surface area contributed by atoms with Crippen LogP contribution in [-0.2, 0) is 32.5 Å². The lowest BCUT2D eigenvalue weighted by Gasteiger charge is -2.07. The molecule has 0 radical (unpaired) electrons. The second-order valence-corrected chi connectivity index (χ2v) is 7.69. The summed E-state index contributed by atoms with van der Waals surface area (Å²) in [5.74, 6) is -1.49. The summed E-state index contributed by atoms with van der Waals surface area (Å²) in [6.45, 7) is 7.06. The number of carbonyl (C=O) groups excluding carboxylic acids is 3. The van der Waals surface area contributed by atoms with Gasteiger partial charge in [-0.3, -0.25) is 14.3 Å². The number of aryl methyl sites for hydroxylation is 3. The summed E-state index contributed by atoms with van der Waals surface area (Å²) in [4.78, 5) is 37.0. The molecule has 0 fully saturated rings. The number of amides is 1. The molecule has 0 aliphatic carbocycles. The van der Waals surface area contributed by atoms with E-state index in [0.29, 0.717) is 17.0 Å². The minimum absolute atomic E-state index is 0.158. The Morgan fingerprint density at radius 1 is 1.18 bits per heavy atom.